The Morgan fingerprint density at radius 3 is 3.15 bits per heavy atom. The number of rotatable bonds is 4. The van der Waals surface area contributed by atoms with E-state index in [1.807, 2.05) is 0 Å². The average Bonchev–Trinajstić information content (AvgIpc) is 2.94. The Bertz CT molecular complexity index is 474. The molecule has 2 aliphatic heterocycles. The minimum Gasteiger partial charge on any atom is -0.491 e. The van der Waals surface area contributed by atoms with Crippen LogP contribution < -0.4 is 10.1 Å². The molecular formula is C17H26N2O. The number of fused-ring (bicyclic) bond motifs is 1. The maximum atomic E-state index is 6.20. The fourth-order valence-corrected chi connectivity index (χ4v) is 3.50. The van der Waals surface area contributed by atoms with Crippen molar-refractivity contribution < 1.29 is 4.74 Å². The molecule has 2 heterocycles. The number of hydrogen-bond donors (Lipinski definition) is 1. The smallest absolute Gasteiger partial charge is 0.142 e. The van der Waals surface area contributed by atoms with E-state index in [4.69, 9.17) is 4.74 Å². The number of piperidine rings is 1. The molecule has 110 valence electrons. The molecule has 3 heteroatoms. The van der Waals surface area contributed by atoms with Crippen LogP contribution in [0.25, 0.3) is 0 Å². The van der Waals surface area contributed by atoms with Gasteiger partial charge in [-0.3, -0.25) is 0 Å². The maximum Gasteiger partial charge on any atom is 0.142 e. The Hall–Kier alpha value is -1.22. The summed E-state index contributed by atoms with van der Waals surface area (Å²) in [5.41, 5.74) is 2.90. The molecule has 0 saturated carbocycles. The van der Waals surface area contributed by atoms with E-state index in [0.717, 1.165) is 38.4 Å². The molecule has 3 rings (SSSR count). The Morgan fingerprint density at radius 1 is 1.40 bits per heavy atom. The summed E-state index contributed by atoms with van der Waals surface area (Å²) in [4.78, 5) is 2.54. The van der Waals surface area contributed by atoms with Crippen molar-refractivity contribution in [1.29, 1.82) is 0 Å². The predicted molar refractivity (Wildman–Crippen MR) is 83.6 cm³/mol. The first-order valence-corrected chi connectivity index (χ1v) is 7.91. The molecule has 3 nitrogen and oxygen atoms in total. The van der Waals surface area contributed by atoms with Crippen LogP contribution in [0.1, 0.15) is 32.3 Å². The minimum atomic E-state index is 0.287. The lowest BCUT2D eigenvalue weighted by atomic mass is 9.82. The molecule has 1 fully saturated rings. The molecule has 1 aromatic carbocycles. The molecule has 1 saturated heterocycles. The molecule has 0 amide bonds. The normalized spacial score (nSPS) is 26.1. The number of anilines is 1. The van der Waals surface area contributed by atoms with Gasteiger partial charge in [-0.1, -0.05) is 26.0 Å². The van der Waals surface area contributed by atoms with E-state index < -0.39 is 0 Å². The fourth-order valence-electron chi connectivity index (χ4n) is 3.50. The molecule has 1 aromatic rings. The van der Waals surface area contributed by atoms with Crippen molar-refractivity contribution in [2.24, 2.45) is 5.41 Å². The molecule has 0 aliphatic carbocycles. The molecule has 0 radical (unpaired) electrons. The van der Waals surface area contributed by atoms with Crippen molar-refractivity contribution in [3.63, 3.8) is 0 Å². The van der Waals surface area contributed by atoms with Crippen LogP contribution in [-0.4, -0.2) is 37.7 Å². The fraction of sp³-hybridized carbons (Fsp3) is 0.647. The van der Waals surface area contributed by atoms with E-state index in [9.17, 15) is 0 Å². The van der Waals surface area contributed by atoms with Crippen LogP contribution in [0.5, 0.6) is 5.75 Å². The molecule has 20 heavy (non-hydrogen) atoms. The lowest BCUT2D eigenvalue weighted by Crippen LogP contribution is -2.44. The summed E-state index contributed by atoms with van der Waals surface area (Å²) >= 11 is 0. The summed E-state index contributed by atoms with van der Waals surface area (Å²) in [6.45, 7) is 10.0. The molecule has 1 N–H and O–H groups in total. The number of likely N-dealkylation sites (tertiary alicyclic amines) is 1. The second-order valence-electron chi connectivity index (χ2n) is 6.54. The van der Waals surface area contributed by atoms with Gasteiger partial charge in [0.05, 0.1) is 12.3 Å². The maximum absolute atomic E-state index is 6.20. The highest BCUT2D eigenvalue weighted by Crippen LogP contribution is 2.35. The lowest BCUT2D eigenvalue weighted by Gasteiger charge is -2.39. The summed E-state index contributed by atoms with van der Waals surface area (Å²) in [7, 11) is 0. The zero-order valence-corrected chi connectivity index (χ0v) is 12.7. The van der Waals surface area contributed by atoms with Crippen molar-refractivity contribution in [2.75, 3.05) is 38.1 Å². The summed E-state index contributed by atoms with van der Waals surface area (Å²) < 4.78 is 6.20. The standard InChI is InChI=1S/C17H26N2O/c1-3-19-11-5-9-17(2,12-19)13-20-15-7-4-6-14-8-10-18-16(14)15/h4,6-7,18H,3,5,8-13H2,1-2H3. The van der Waals surface area contributed by atoms with E-state index >= 15 is 0 Å². The van der Waals surface area contributed by atoms with Crippen LogP contribution >= 0.6 is 0 Å². The van der Waals surface area contributed by atoms with E-state index in [-0.39, 0.29) is 5.41 Å². The molecule has 0 aromatic heterocycles. The summed E-state index contributed by atoms with van der Waals surface area (Å²) in [5, 5.41) is 3.45. The third kappa shape index (κ3) is 2.78. The van der Waals surface area contributed by atoms with Crippen molar-refractivity contribution in [3.05, 3.63) is 23.8 Å². The Kier molecular flexibility index (Phi) is 3.88. The first-order chi connectivity index (χ1) is 9.70. The zero-order valence-electron chi connectivity index (χ0n) is 12.7. The second-order valence-corrected chi connectivity index (χ2v) is 6.54. The highest BCUT2D eigenvalue weighted by Gasteiger charge is 2.31. The van der Waals surface area contributed by atoms with Gasteiger partial charge in [-0.05, 0) is 44.0 Å². The van der Waals surface area contributed by atoms with Crippen molar-refractivity contribution in [1.82, 2.24) is 4.90 Å². The Labute approximate surface area is 122 Å². The van der Waals surface area contributed by atoms with Crippen LogP contribution in [-0.2, 0) is 6.42 Å². The topological polar surface area (TPSA) is 24.5 Å². The largest absolute Gasteiger partial charge is 0.491 e. The van der Waals surface area contributed by atoms with Crippen LogP contribution in [0.4, 0.5) is 5.69 Å². The molecule has 0 spiro atoms. The molecule has 1 atom stereocenters. The van der Waals surface area contributed by atoms with Gasteiger partial charge < -0.3 is 15.0 Å². The van der Waals surface area contributed by atoms with Gasteiger partial charge in [0, 0.05) is 18.5 Å². The van der Waals surface area contributed by atoms with Crippen LogP contribution in [0, 0.1) is 5.41 Å². The van der Waals surface area contributed by atoms with Gasteiger partial charge in [0.1, 0.15) is 5.75 Å². The predicted octanol–water partition coefficient (Wildman–Crippen LogP) is 3.16. The summed E-state index contributed by atoms with van der Waals surface area (Å²) in [6.07, 6.45) is 3.68. The number of para-hydroxylation sites is 1. The van der Waals surface area contributed by atoms with E-state index in [1.165, 1.54) is 30.6 Å². The zero-order chi connectivity index (χ0) is 14.0. The van der Waals surface area contributed by atoms with Gasteiger partial charge >= 0.3 is 0 Å². The minimum absolute atomic E-state index is 0.287. The van der Waals surface area contributed by atoms with Gasteiger partial charge in [-0.15, -0.1) is 0 Å². The first kappa shape index (κ1) is 13.7. The highest BCUT2D eigenvalue weighted by molar-refractivity contribution is 5.65. The van der Waals surface area contributed by atoms with Crippen molar-refractivity contribution >= 4 is 5.69 Å². The quantitative estimate of drug-likeness (QED) is 0.913. The van der Waals surface area contributed by atoms with Gasteiger partial charge in [0.15, 0.2) is 0 Å². The summed E-state index contributed by atoms with van der Waals surface area (Å²) in [5.74, 6) is 1.04. The van der Waals surface area contributed by atoms with Crippen LogP contribution in [0.3, 0.4) is 0 Å². The van der Waals surface area contributed by atoms with Gasteiger partial charge in [-0.2, -0.15) is 0 Å². The molecular weight excluding hydrogens is 248 g/mol. The Morgan fingerprint density at radius 2 is 2.30 bits per heavy atom. The number of ether oxygens (including phenoxy) is 1. The molecule has 0 bridgehead atoms. The third-order valence-electron chi connectivity index (χ3n) is 4.69. The monoisotopic (exact) mass is 274 g/mol. The highest BCUT2D eigenvalue weighted by atomic mass is 16.5. The van der Waals surface area contributed by atoms with Crippen LogP contribution in [0.15, 0.2) is 18.2 Å². The van der Waals surface area contributed by atoms with E-state index in [1.54, 1.807) is 0 Å². The third-order valence-corrected chi connectivity index (χ3v) is 4.69. The van der Waals surface area contributed by atoms with Crippen LogP contribution in [0.2, 0.25) is 0 Å². The van der Waals surface area contributed by atoms with Gasteiger partial charge in [-0.25, -0.2) is 0 Å². The number of benzene rings is 1. The van der Waals surface area contributed by atoms with E-state index in [0.29, 0.717) is 0 Å². The van der Waals surface area contributed by atoms with E-state index in [2.05, 4.69) is 42.3 Å². The van der Waals surface area contributed by atoms with Gasteiger partial charge in [0.2, 0.25) is 0 Å². The number of hydrogen-bond acceptors (Lipinski definition) is 3. The molecule has 2 aliphatic rings. The molecule has 1 unspecified atom stereocenters. The summed E-state index contributed by atoms with van der Waals surface area (Å²) in [6, 6.07) is 6.41. The second kappa shape index (κ2) is 5.65. The Balaban J connectivity index is 1.66. The van der Waals surface area contributed by atoms with Crippen molar-refractivity contribution in [3.8, 4) is 5.75 Å². The number of nitrogens with zero attached hydrogens (tertiary/aromatic N) is 1. The van der Waals surface area contributed by atoms with Gasteiger partial charge in [0.25, 0.3) is 0 Å². The lowest BCUT2D eigenvalue weighted by molar-refractivity contribution is 0.0595. The SMILES string of the molecule is CCN1CCCC(C)(COc2cccc3c2NCC3)C1. The number of nitrogens with one attached hydrogen (secondary N) is 1. The van der Waals surface area contributed by atoms with Crippen molar-refractivity contribution in [2.45, 2.75) is 33.1 Å². The first-order valence-electron chi connectivity index (χ1n) is 7.91. The average molecular weight is 274 g/mol.